The maximum absolute atomic E-state index is 9.19. The fourth-order valence-corrected chi connectivity index (χ4v) is 2.03. The van der Waals surface area contributed by atoms with Gasteiger partial charge in [-0.05, 0) is 30.9 Å². The number of unbranched alkanes of at least 4 members (excludes halogenated alkanes) is 1. The van der Waals surface area contributed by atoms with Gasteiger partial charge in [-0.2, -0.15) is 0 Å². The molecule has 0 aliphatic heterocycles. The third-order valence-electron chi connectivity index (χ3n) is 3.10. The third kappa shape index (κ3) is 4.42. The van der Waals surface area contributed by atoms with Crippen LogP contribution in [-0.2, 0) is 13.0 Å². The number of aliphatic hydroxyl groups is 1. The molecule has 0 aliphatic carbocycles. The maximum atomic E-state index is 9.19. The van der Waals surface area contributed by atoms with Crippen molar-refractivity contribution < 1.29 is 9.84 Å². The average Bonchev–Trinajstić information content (AvgIpc) is 2.48. The fraction of sp³-hybridized carbons (Fsp3) is 0.294. The molecule has 0 heterocycles. The molecule has 0 aromatic heterocycles. The largest absolute Gasteiger partial charge is 0.493 e. The Morgan fingerprint density at radius 1 is 0.842 bits per heavy atom. The quantitative estimate of drug-likeness (QED) is 0.767. The summed E-state index contributed by atoms with van der Waals surface area (Å²) in [6, 6.07) is 18.1. The van der Waals surface area contributed by atoms with Crippen LogP contribution >= 0.6 is 0 Å². The Bertz CT molecular complexity index is 480. The van der Waals surface area contributed by atoms with Crippen molar-refractivity contribution in [1.29, 1.82) is 0 Å². The van der Waals surface area contributed by atoms with E-state index in [4.69, 9.17) is 4.74 Å². The zero-order chi connectivity index (χ0) is 13.3. The minimum Gasteiger partial charge on any atom is -0.493 e. The molecular formula is C17H20O2. The number of aliphatic hydroxyl groups excluding tert-OH is 1. The molecule has 100 valence electrons. The summed E-state index contributed by atoms with van der Waals surface area (Å²) in [7, 11) is 0. The first kappa shape index (κ1) is 13.6. The molecule has 0 atom stereocenters. The van der Waals surface area contributed by atoms with Crippen LogP contribution in [0.5, 0.6) is 5.75 Å². The van der Waals surface area contributed by atoms with E-state index in [1.54, 1.807) is 0 Å². The second-order valence-corrected chi connectivity index (χ2v) is 4.56. The first-order chi connectivity index (χ1) is 9.40. The molecule has 2 aromatic rings. The fourth-order valence-electron chi connectivity index (χ4n) is 2.03. The molecule has 0 saturated carbocycles. The first-order valence-corrected chi connectivity index (χ1v) is 6.75. The van der Waals surface area contributed by atoms with Crippen LogP contribution in [0.15, 0.2) is 54.6 Å². The zero-order valence-corrected chi connectivity index (χ0v) is 11.1. The summed E-state index contributed by atoms with van der Waals surface area (Å²) in [6.45, 7) is 0.726. The van der Waals surface area contributed by atoms with Crippen LogP contribution in [0.4, 0.5) is 0 Å². The summed E-state index contributed by atoms with van der Waals surface area (Å²) in [5, 5.41) is 9.19. The highest BCUT2D eigenvalue weighted by Crippen LogP contribution is 2.18. The molecule has 2 rings (SSSR count). The monoisotopic (exact) mass is 256 g/mol. The maximum Gasteiger partial charge on any atom is 0.124 e. The van der Waals surface area contributed by atoms with Crippen molar-refractivity contribution in [3.05, 3.63) is 65.7 Å². The number of rotatable bonds is 7. The lowest BCUT2D eigenvalue weighted by molar-refractivity contribution is 0.260. The van der Waals surface area contributed by atoms with E-state index in [9.17, 15) is 5.11 Å². The van der Waals surface area contributed by atoms with Gasteiger partial charge < -0.3 is 9.84 Å². The Morgan fingerprint density at radius 3 is 2.37 bits per heavy atom. The van der Waals surface area contributed by atoms with Crippen LogP contribution in [0.25, 0.3) is 0 Å². The molecule has 1 N–H and O–H groups in total. The number of aryl methyl sites for hydroxylation is 1. The van der Waals surface area contributed by atoms with E-state index in [-0.39, 0.29) is 6.61 Å². The van der Waals surface area contributed by atoms with Gasteiger partial charge in [0.2, 0.25) is 0 Å². The topological polar surface area (TPSA) is 29.5 Å². The van der Waals surface area contributed by atoms with Crippen LogP contribution in [-0.4, -0.2) is 11.7 Å². The molecule has 0 amide bonds. The Labute approximate surface area is 114 Å². The van der Waals surface area contributed by atoms with Gasteiger partial charge in [-0.1, -0.05) is 48.5 Å². The predicted octanol–water partition coefficient (Wildman–Crippen LogP) is 3.58. The van der Waals surface area contributed by atoms with E-state index in [0.29, 0.717) is 6.61 Å². The highest BCUT2D eigenvalue weighted by Gasteiger charge is 2.00. The normalized spacial score (nSPS) is 10.4. The number of ether oxygens (including phenoxy) is 1. The Kier molecular flexibility index (Phi) is 5.45. The summed E-state index contributed by atoms with van der Waals surface area (Å²) in [5.74, 6) is 0.796. The second kappa shape index (κ2) is 7.59. The van der Waals surface area contributed by atoms with Crippen LogP contribution in [0.1, 0.15) is 24.0 Å². The van der Waals surface area contributed by atoms with Crippen molar-refractivity contribution >= 4 is 0 Å². The highest BCUT2D eigenvalue weighted by atomic mass is 16.5. The van der Waals surface area contributed by atoms with Crippen LogP contribution < -0.4 is 4.74 Å². The van der Waals surface area contributed by atoms with E-state index in [1.165, 1.54) is 5.56 Å². The highest BCUT2D eigenvalue weighted by molar-refractivity contribution is 5.32. The Hall–Kier alpha value is -1.80. The van der Waals surface area contributed by atoms with Crippen molar-refractivity contribution in [2.45, 2.75) is 25.9 Å². The van der Waals surface area contributed by atoms with Gasteiger partial charge in [0.1, 0.15) is 5.75 Å². The zero-order valence-electron chi connectivity index (χ0n) is 11.1. The molecular weight excluding hydrogens is 236 g/mol. The number of hydrogen-bond donors (Lipinski definition) is 1. The van der Waals surface area contributed by atoms with Crippen LogP contribution in [0.2, 0.25) is 0 Å². The molecule has 19 heavy (non-hydrogen) atoms. The number of benzene rings is 2. The Balaban J connectivity index is 1.69. The lowest BCUT2D eigenvalue weighted by atomic mass is 10.1. The molecule has 0 aliphatic rings. The van der Waals surface area contributed by atoms with Crippen molar-refractivity contribution in [3.8, 4) is 5.75 Å². The minimum absolute atomic E-state index is 0.0280. The molecule has 0 unspecified atom stereocenters. The van der Waals surface area contributed by atoms with Crippen molar-refractivity contribution in [2.75, 3.05) is 6.61 Å². The third-order valence-corrected chi connectivity index (χ3v) is 3.10. The predicted molar refractivity (Wildman–Crippen MR) is 77.2 cm³/mol. The van der Waals surface area contributed by atoms with E-state index < -0.39 is 0 Å². The molecule has 0 bridgehead atoms. The van der Waals surface area contributed by atoms with E-state index in [1.807, 2.05) is 30.3 Å². The summed E-state index contributed by atoms with van der Waals surface area (Å²) >= 11 is 0. The van der Waals surface area contributed by atoms with Gasteiger partial charge >= 0.3 is 0 Å². The van der Waals surface area contributed by atoms with Crippen LogP contribution in [0, 0.1) is 0 Å². The first-order valence-electron chi connectivity index (χ1n) is 6.75. The van der Waals surface area contributed by atoms with Gasteiger partial charge in [0.25, 0.3) is 0 Å². The van der Waals surface area contributed by atoms with Crippen molar-refractivity contribution in [1.82, 2.24) is 0 Å². The summed E-state index contributed by atoms with van der Waals surface area (Å²) in [5.41, 5.74) is 2.23. The molecule has 2 aromatic carbocycles. The van der Waals surface area contributed by atoms with Gasteiger partial charge in [-0.15, -0.1) is 0 Å². The summed E-state index contributed by atoms with van der Waals surface area (Å²) < 4.78 is 5.71. The lowest BCUT2D eigenvalue weighted by Gasteiger charge is -2.09. The molecule has 0 saturated heterocycles. The molecule has 2 nitrogen and oxygen atoms in total. The van der Waals surface area contributed by atoms with E-state index in [0.717, 1.165) is 30.6 Å². The van der Waals surface area contributed by atoms with Gasteiger partial charge in [0, 0.05) is 5.56 Å². The summed E-state index contributed by atoms with van der Waals surface area (Å²) in [6.07, 6.45) is 3.23. The molecule has 2 heteroatoms. The smallest absolute Gasteiger partial charge is 0.124 e. The standard InChI is InChI=1S/C17H20O2/c18-14-16-11-4-5-12-17(16)19-13-7-6-10-15-8-2-1-3-9-15/h1-5,8-9,11-12,18H,6-7,10,13-14H2. The second-order valence-electron chi connectivity index (χ2n) is 4.56. The Morgan fingerprint density at radius 2 is 1.58 bits per heavy atom. The van der Waals surface area contributed by atoms with Crippen LogP contribution in [0.3, 0.4) is 0 Å². The average molecular weight is 256 g/mol. The SMILES string of the molecule is OCc1ccccc1OCCCCc1ccccc1. The van der Waals surface area contributed by atoms with Gasteiger partial charge in [0.15, 0.2) is 0 Å². The van der Waals surface area contributed by atoms with E-state index >= 15 is 0 Å². The van der Waals surface area contributed by atoms with Gasteiger partial charge in [-0.25, -0.2) is 0 Å². The van der Waals surface area contributed by atoms with Crippen molar-refractivity contribution in [2.24, 2.45) is 0 Å². The number of hydrogen-bond acceptors (Lipinski definition) is 2. The van der Waals surface area contributed by atoms with Gasteiger partial charge in [0.05, 0.1) is 13.2 Å². The van der Waals surface area contributed by atoms with Gasteiger partial charge in [-0.3, -0.25) is 0 Å². The lowest BCUT2D eigenvalue weighted by Crippen LogP contribution is -2.01. The van der Waals surface area contributed by atoms with Crippen molar-refractivity contribution in [3.63, 3.8) is 0 Å². The number of para-hydroxylation sites is 1. The minimum atomic E-state index is 0.0280. The molecule has 0 spiro atoms. The van der Waals surface area contributed by atoms with E-state index in [2.05, 4.69) is 24.3 Å². The molecule has 0 radical (unpaired) electrons. The summed E-state index contributed by atoms with van der Waals surface area (Å²) in [4.78, 5) is 0. The molecule has 0 fully saturated rings.